The average molecular weight is 225 g/mol. The van der Waals surface area contributed by atoms with Crippen molar-refractivity contribution in [1.29, 1.82) is 0 Å². The molecule has 0 aliphatic carbocycles. The Labute approximate surface area is 94.0 Å². The number of aliphatic hydroxyl groups excluding tert-OH is 1. The van der Waals surface area contributed by atoms with Crippen LogP contribution in [0.15, 0.2) is 30.3 Å². The predicted molar refractivity (Wildman–Crippen MR) is 59.3 cm³/mol. The molecule has 0 bridgehead atoms. The van der Waals surface area contributed by atoms with E-state index in [0.29, 0.717) is 5.69 Å². The Kier molecular flexibility index (Phi) is 5.98. The Bertz CT molecular complexity index is 302. The molecule has 0 aliphatic heterocycles. The zero-order chi connectivity index (χ0) is 11.6. The van der Waals surface area contributed by atoms with Crippen molar-refractivity contribution in [1.82, 2.24) is 0 Å². The van der Waals surface area contributed by atoms with Crippen molar-refractivity contribution in [2.45, 2.75) is 0 Å². The highest BCUT2D eigenvalue weighted by Gasteiger charge is 2.01. The van der Waals surface area contributed by atoms with Gasteiger partial charge in [0.15, 0.2) is 0 Å². The van der Waals surface area contributed by atoms with Crippen molar-refractivity contribution in [3.63, 3.8) is 0 Å². The Morgan fingerprint density at radius 1 is 1.19 bits per heavy atom. The van der Waals surface area contributed by atoms with E-state index in [1.54, 1.807) is 12.1 Å². The van der Waals surface area contributed by atoms with E-state index in [9.17, 15) is 4.79 Å². The molecule has 0 aromatic heterocycles. The van der Waals surface area contributed by atoms with Crippen molar-refractivity contribution in [3.8, 4) is 0 Å². The van der Waals surface area contributed by atoms with Crippen molar-refractivity contribution >= 4 is 11.8 Å². The summed E-state index contributed by atoms with van der Waals surface area (Å²) >= 11 is 0. The summed E-state index contributed by atoms with van der Waals surface area (Å²) < 4.78 is 9.76. The molecule has 1 aromatic rings. The molecule has 0 heterocycles. The zero-order valence-electron chi connectivity index (χ0n) is 8.89. The number of anilines is 1. The van der Waals surface area contributed by atoms with E-state index < -0.39 is 6.09 Å². The fourth-order valence-electron chi connectivity index (χ4n) is 1.04. The van der Waals surface area contributed by atoms with Crippen LogP contribution in [-0.2, 0) is 9.47 Å². The largest absolute Gasteiger partial charge is 0.447 e. The van der Waals surface area contributed by atoms with Gasteiger partial charge in [-0.1, -0.05) is 18.2 Å². The predicted octanol–water partition coefficient (Wildman–Crippen LogP) is 1.24. The van der Waals surface area contributed by atoms with Gasteiger partial charge < -0.3 is 14.6 Å². The van der Waals surface area contributed by atoms with Gasteiger partial charge in [0.1, 0.15) is 6.61 Å². The van der Waals surface area contributed by atoms with Crippen LogP contribution in [0.5, 0.6) is 0 Å². The first-order valence-electron chi connectivity index (χ1n) is 5.00. The number of hydrogen-bond donors (Lipinski definition) is 2. The molecule has 5 heteroatoms. The summed E-state index contributed by atoms with van der Waals surface area (Å²) in [5, 5.41) is 11.0. The molecule has 0 saturated heterocycles. The maximum Gasteiger partial charge on any atom is 0.411 e. The highest BCUT2D eigenvalue weighted by atomic mass is 16.6. The maximum absolute atomic E-state index is 11.2. The van der Waals surface area contributed by atoms with Gasteiger partial charge in [0.25, 0.3) is 0 Å². The molecule has 2 N–H and O–H groups in total. The summed E-state index contributed by atoms with van der Waals surface area (Å²) in [5.74, 6) is 0. The number of hydrogen-bond acceptors (Lipinski definition) is 4. The van der Waals surface area contributed by atoms with Gasteiger partial charge in [-0.25, -0.2) is 4.79 Å². The lowest BCUT2D eigenvalue weighted by Gasteiger charge is -2.06. The van der Waals surface area contributed by atoms with Crippen LogP contribution in [0.2, 0.25) is 0 Å². The van der Waals surface area contributed by atoms with E-state index in [-0.39, 0.29) is 26.4 Å². The number of carbonyl (C=O) groups is 1. The van der Waals surface area contributed by atoms with E-state index in [1.165, 1.54) is 0 Å². The molecular weight excluding hydrogens is 210 g/mol. The second-order valence-electron chi connectivity index (χ2n) is 2.96. The molecule has 0 unspecified atom stereocenters. The van der Waals surface area contributed by atoms with Crippen LogP contribution in [0.1, 0.15) is 0 Å². The first-order chi connectivity index (χ1) is 7.83. The number of carbonyl (C=O) groups excluding carboxylic acids is 1. The van der Waals surface area contributed by atoms with Gasteiger partial charge in [0.05, 0.1) is 19.8 Å². The molecule has 0 radical (unpaired) electrons. The number of aliphatic hydroxyl groups is 1. The van der Waals surface area contributed by atoms with Crippen LogP contribution < -0.4 is 5.32 Å². The monoisotopic (exact) mass is 225 g/mol. The number of rotatable bonds is 6. The Morgan fingerprint density at radius 2 is 1.94 bits per heavy atom. The molecule has 0 spiro atoms. The maximum atomic E-state index is 11.2. The molecule has 88 valence electrons. The SMILES string of the molecule is O=C(Nc1ccccc1)OCCOCCO. The minimum absolute atomic E-state index is 0.0315. The summed E-state index contributed by atoms with van der Waals surface area (Å²) in [6.45, 7) is 0.668. The summed E-state index contributed by atoms with van der Waals surface area (Å²) in [6.07, 6.45) is -0.515. The number of amides is 1. The van der Waals surface area contributed by atoms with Crippen molar-refractivity contribution < 1.29 is 19.4 Å². The summed E-state index contributed by atoms with van der Waals surface area (Å²) in [4.78, 5) is 11.2. The van der Waals surface area contributed by atoms with Crippen LogP contribution in [-0.4, -0.2) is 37.6 Å². The fourth-order valence-corrected chi connectivity index (χ4v) is 1.04. The molecule has 0 atom stereocenters. The lowest BCUT2D eigenvalue weighted by atomic mass is 10.3. The number of ether oxygens (including phenoxy) is 2. The molecule has 1 aromatic carbocycles. The van der Waals surface area contributed by atoms with Crippen LogP contribution in [0.4, 0.5) is 10.5 Å². The lowest BCUT2D eigenvalue weighted by molar-refractivity contribution is 0.0572. The van der Waals surface area contributed by atoms with E-state index in [0.717, 1.165) is 0 Å². The normalized spacial score (nSPS) is 9.81. The van der Waals surface area contributed by atoms with E-state index in [1.807, 2.05) is 18.2 Å². The van der Waals surface area contributed by atoms with Crippen LogP contribution >= 0.6 is 0 Å². The molecule has 5 nitrogen and oxygen atoms in total. The van der Waals surface area contributed by atoms with Crippen LogP contribution in [0, 0.1) is 0 Å². The zero-order valence-corrected chi connectivity index (χ0v) is 8.89. The topological polar surface area (TPSA) is 67.8 Å². The Balaban J connectivity index is 2.12. The Morgan fingerprint density at radius 3 is 2.62 bits per heavy atom. The second-order valence-corrected chi connectivity index (χ2v) is 2.96. The second kappa shape index (κ2) is 7.67. The first kappa shape index (κ1) is 12.5. The lowest BCUT2D eigenvalue weighted by Crippen LogP contribution is -2.17. The van der Waals surface area contributed by atoms with E-state index in [2.05, 4.69) is 5.32 Å². The molecule has 0 fully saturated rings. The molecular formula is C11H15NO4. The minimum Gasteiger partial charge on any atom is -0.447 e. The van der Waals surface area contributed by atoms with E-state index >= 15 is 0 Å². The number of para-hydroxylation sites is 1. The third-order valence-electron chi connectivity index (χ3n) is 1.72. The highest BCUT2D eigenvalue weighted by Crippen LogP contribution is 2.04. The summed E-state index contributed by atoms with van der Waals surface area (Å²) in [5.41, 5.74) is 0.684. The molecule has 16 heavy (non-hydrogen) atoms. The first-order valence-corrected chi connectivity index (χ1v) is 5.00. The van der Waals surface area contributed by atoms with Gasteiger partial charge in [-0.15, -0.1) is 0 Å². The van der Waals surface area contributed by atoms with Crippen molar-refractivity contribution in [2.24, 2.45) is 0 Å². The third-order valence-corrected chi connectivity index (χ3v) is 1.72. The fraction of sp³-hybridized carbons (Fsp3) is 0.364. The van der Waals surface area contributed by atoms with Crippen LogP contribution in [0.25, 0.3) is 0 Å². The molecule has 1 amide bonds. The standard InChI is InChI=1S/C11H15NO4/c13-6-7-15-8-9-16-11(14)12-10-4-2-1-3-5-10/h1-5,13H,6-9H2,(H,12,14). The van der Waals surface area contributed by atoms with Gasteiger partial charge in [0.2, 0.25) is 0 Å². The van der Waals surface area contributed by atoms with Crippen LogP contribution in [0.3, 0.4) is 0 Å². The molecule has 1 rings (SSSR count). The highest BCUT2D eigenvalue weighted by molar-refractivity contribution is 5.84. The smallest absolute Gasteiger partial charge is 0.411 e. The number of benzene rings is 1. The van der Waals surface area contributed by atoms with Gasteiger partial charge in [-0.3, -0.25) is 5.32 Å². The van der Waals surface area contributed by atoms with Gasteiger partial charge in [-0.05, 0) is 12.1 Å². The van der Waals surface area contributed by atoms with E-state index in [4.69, 9.17) is 14.6 Å². The third kappa shape index (κ3) is 5.33. The average Bonchev–Trinajstić information content (AvgIpc) is 2.30. The summed E-state index contributed by atoms with van der Waals surface area (Å²) in [7, 11) is 0. The quantitative estimate of drug-likeness (QED) is 0.715. The number of nitrogens with one attached hydrogen (secondary N) is 1. The van der Waals surface area contributed by atoms with Gasteiger partial charge >= 0.3 is 6.09 Å². The summed E-state index contributed by atoms with van der Waals surface area (Å²) in [6, 6.07) is 9.03. The van der Waals surface area contributed by atoms with Gasteiger partial charge in [-0.2, -0.15) is 0 Å². The van der Waals surface area contributed by atoms with Gasteiger partial charge in [0, 0.05) is 5.69 Å². The Hall–Kier alpha value is -1.59. The molecule has 0 saturated carbocycles. The van der Waals surface area contributed by atoms with Crippen molar-refractivity contribution in [2.75, 3.05) is 31.7 Å². The molecule has 0 aliphatic rings. The minimum atomic E-state index is -0.515. The van der Waals surface area contributed by atoms with Crippen molar-refractivity contribution in [3.05, 3.63) is 30.3 Å².